The van der Waals surface area contributed by atoms with Crippen LogP contribution >= 0.6 is 0 Å². The van der Waals surface area contributed by atoms with Crippen LogP contribution in [0.2, 0.25) is 0 Å². The molecule has 112 valence electrons. The lowest BCUT2D eigenvalue weighted by Crippen LogP contribution is -2.39. The molecule has 0 spiro atoms. The van der Waals surface area contributed by atoms with Crippen molar-refractivity contribution in [2.75, 3.05) is 37.7 Å². The molecule has 1 unspecified atom stereocenters. The van der Waals surface area contributed by atoms with E-state index in [4.69, 9.17) is 0 Å². The number of carbonyl (C=O) groups is 1. The average molecular weight is 290 g/mol. The van der Waals surface area contributed by atoms with Crippen molar-refractivity contribution in [3.05, 3.63) is 0 Å². The molecule has 1 aliphatic heterocycles. The zero-order chi connectivity index (χ0) is 14.5. The summed E-state index contributed by atoms with van der Waals surface area (Å²) >= 11 is 0. The van der Waals surface area contributed by atoms with E-state index in [9.17, 15) is 13.2 Å². The summed E-state index contributed by atoms with van der Waals surface area (Å²) in [5.41, 5.74) is 0. The van der Waals surface area contributed by atoms with Gasteiger partial charge in [-0.3, -0.25) is 9.69 Å². The van der Waals surface area contributed by atoms with Gasteiger partial charge in [-0.15, -0.1) is 0 Å². The van der Waals surface area contributed by atoms with E-state index >= 15 is 0 Å². The highest BCUT2D eigenvalue weighted by Crippen LogP contribution is 2.17. The Bertz CT molecular complexity index is 391. The Kier molecular flexibility index (Phi) is 6.26. The van der Waals surface area contributed by atoms with Gasteiger partial charge in [0, 0.05) is 32.1 Å². The fourth-order valence-electron chi connectivity index (χ4n) is 2.64. The molecule has 1 fully saturated rings. The Morgan fingerprint density at radius 2 is 1.79 bits per heavy atom. The van der Waals surface area contributed by atoms with Crippen molar-refractivity contribution >= 4 is 15.7 Å². The van der Waals surface area contributed by atoms with E-state index in [0.29, 0.717) is 19.4 Å². The largest absolute Gasteiger partial charge is 0.343 e. The number of sulfone groups is 1. The van der Waals surface area contributed by atoms with Gasteiger partial charge in [-0.05, 0) is 26.8 Å². The zero-order valence-corrected chi connectivity index (χ0v) is 13.1. The minimum atomic E-state index is -2.85. The van der Waals surface area contributed by atoms with Gasteiger partial charge in [0.2, 0.25) is 5.91 Å². The zero-order valence-electron chi connectivity index (χ0n) is 12.3. The van der Waals surface area contributed by atoms with Crippen LogP contribution in [-0.2, 0) is 14.6 Å². The smallest absolute Gasteiger partial charge is 0.223 e. The van der Waals surface area contributed by atoms with Gasteiger partial charge in [0.1, 0.15) is 0 Å². The molecule has 19 heavy (non-hydrogen) atoms. The topological polar surface area (TPSA) is 57.7 Å². The predicted molar refractivity (Wildman–Crippen MR) is 76.9 cm³/mol. The Morgan fingerprint density at radius 3 is 2.21 bits per heavy atom. The molecule has 1 rings (SSSR count). The van der Waals surface area contributed by atoms with E-state index in [1.54, 1.807) is 0 Å². The lowest BCUT2D eigenvalue weighted by atomic mass is 10.2. The second-order valence-electron chi connectivity index (χ2n) is 5.00. The molecular formula is C13H26N2O3S. The van der Waals surface area contributed by atoms with Gasteiger partial charge < -0.3 is 4.90 Å². The summed E-state index contributed by atoms with van der Waals surface area (Å²) in [5.74, 6) is 0.697. The normalized spacial score (nSPS) is 21.8. The van der Waals surface area contributed by atoms with Crippen LogP contribution in [0.1, 0.15) is 33.6 Å². The van der Waals surface area contributed by atoms with Crippen LogP contribution in [0.25, 0.3) is 0 Å². The highest BCUT2D eigenvalue weighted by atomic mass is 32.2. The molecule has 1 amide bonds. The minimum absolute atomic E-state index is 0.0968. The van der Waals surface area contributed by atoms with Crippen molar-refractivity contribution in [1.82, 2.24) is 9.80 Å². The minimum Gasteiger partial charge on any atom is -0.343 e. The van der Waals surface area contributed by atoms with Gasteiger partial charge in [0.25, 0.3) is 0 Å². The van der Waals surface area contributed by atoms with Gasteiger partial charge in [-0.2, -0.15) is 0 Å². The summed E-state index contributed by atoms with van der Waals surface area (Å²) in [6.07, 6.45) is 1.18. The Hall–Kier alpha value is -0.620. The molecule has 0 N–H and O–H groups in total. The SMILES string of the molecule is CCN(CC)C(=O)CCN(CC)C1CCS(=O)(=O)C1. The monoisotopic (exact) mass is 290 g/mol. The summed E-state index contributed by atoms with van der Waals surface area (Å²) < 4.78 is 23.0. The van der Waals surface area contributed by atoms with Gasteiger partial charge in [0.05, 0.1) is 11.5 Å². The standard InChI is InChI=1S/C13H26N2O3S/c1-4-14(5-2)13(16)7-9-15(6-3)12-8-10-19(17,18)11-12/h12H,4-11H2,1-3H3. The first kappa shape index (κ1) is 16.4. The van der Waals surface area contributed by atoms with E-state index in [1.807, 2.05) is 25.7 Å². The summed E-state index contributed by atoms with van der Waals surface area (Å²) in [5, 5.41) is 0. The van der Waals surface area contributed by atoms with Crippen molar-refractivity contribution in [3.8, 4) is 0 Å². The lowest BCUT2D eigenvalue weighted by molar-refractivity contribution is -0.131. The summed E-state index contributed by atoms with van der Waals surface area (Å²) in [6, 6.07) is 0.0968. The maximum absolute atomic E-state index is 11.9. The molecule has 1 heterocycles. The maximum atomic E-state index is 11.9. The van der Waals surface area contributed by atoms with Crippen molar-refractivity contribution in [2.24, 2.45) is 0 Å². The molecule has 5 nitrogen and oxygen atoms in total. The van der Waals surface area contributed by atoms with Gasteiger partial charge in [-0.25, -0.2) is 8.42 Å². The van der Waals surface area contributed by atoms with Crippen molar-refractivity contribution < 1.29 is 13.2 Å². The fraction of sp³-hybridized carbons (Fsp3) is 0.923. The van der Waals surface area contributed by atoms with Crippen LogP contribution < -0.4 is 0 Å². The second kappa shape index (κ2) is 7.24. The molecule has 1 atom stereocenters. The maximum Gasteiger partial charge on any atom is 0.223 e. The highest BCUT2D eigenvalue weighted by Gasteiger charge is 2.31. The van der Waals surface area contributed by atoms with Crippen LogP contribution in [0.5, 0.6) is 0 Å². The number of rotatable bonds is 7. The number of nitrogens with zero attached hydrogens (tertiary/aromatic N) is 2. The van der Waals surface area contributed by atoms with E-state index < -0.39 is 9.84 Å². The molecule has 0 radical (unpaired) electrons. The molecule has 0 aliphatic carbocycles. The molecule has 0 saturated carbocycles. The second-order valence-corrected chi connectivity index (χ2v) is 7.23. The molecule has 1 saturated heterocycles. The Morgan fingerprint density at radius 1 is 1.16 bits per heavy atom. The average Bonchev–Trinajstić information content (AvgIpc) is 2.72. The number of hydrogen-bond acceptors (Lipinski definition) is 4. The third-order valence-electron chi connectivity index (χ3n) is 3.86. The van der Waals surface area contributed by atoms with Crippen molar-refractivity contribution in [2.45, 2.75) is 39.7 Å². The van der Waals surface area contributed by atoms with E-state index in [-0.39, 0.29) is 23.5 Å². The molecule has 0 aromatic carbocycles. The third-order valence-corrected chi connectivity index (χ3v) is 5.61. The van der Waals surface area contributed by atoms with Crippen LogP contribution in [0, 0.1) is 0 Å². The molecule has 0 aromatic heterocycles. The quantitative estimate of drug-likeness (QED) is 0.694. The van der Waals surface area contributed by atoms with Crippen LogP contribution in [-0.4, -0.2) is 67.9 Å². The molecule has 6 heteroatoms. The molecule has 0 aromatic rings. The van der Waals surface area contributed by atoms with E-state index in [0.717, 1.165) is 19.6 Å². The van der Waals surface area contributed by atoms with Gasteiger partial charge in [0.15, 0.2) is 9.84 Å². The Balaban J connectivity index is 2.48. The van der Waals surface area contributed by atoms with Crippen LogP contribution in [0.15, 0.2) is 0 Å². The third kappa shape index (κ3) is 4.76. The first-order chi connectivity index (χ1) is 8.93. The van der Waals surface area contributed by atoms with Crippen molar-refractivity contribution in [3.63, 3.8) is 0 Å². The van der Waals surface area contributed by atoms with Gasteiger partial charge in [-0.1, -0.05) is 6.92 Å². The first-order valence-electron chi connectivity index (χ1n) is 7.15. The van der Waals surface area contributed by atoms with E-state index in [2.05, 4.69) is 4.90 Å². The fourth-order valence-corrected chi connectivity index (χ4v) is 4.40. The Labute approximate surface area is 116 Å². The number of amides is 1. The number of carbonyl (C=O) groups excluding carboxylic acids is 1. The van der Waals surface area contributed by atoms with Crippen LogP contribution in [0.3, 0.4) is 0 Å². The van der Waals surface area contributed by atoms with Crippen molar-refractivity contribution in [1.29, 1.82) is 0 Å². The summed E-state index contributed by atoms with van der Waals surface area (Å²) in [7, 11) is -2.85. The van der Waals surface area contributed by atoms with Gasteiger partial charge >= 0.3 is 0 Å². The predicted octanol–water partition coefficient (Wildman–Crippen LogP) is 0.754. The molecule has 0 bridgehead atoms. The van der Waals surface area contributed by atoms with Crippen LogP contribution in [0.4, 0.5) is 0 Å². The molecular weight excluding hydrogens is 264 g/mol. The summed E-state index contributed by atoms with van der Waals surface area (Å²) in [6.45, 7) is 8.90. The van der Waals surface area contributed by atoms with E-state index in [1.165, 1.54) is 0 Å². The molecule has 1 aliphatic rings. The highest BCUT2D eigenvalue weighted by molar-refractivity contribution is 7.91. The summed E-state index contributed by atoms with van der Waals surface area (Å²) in [4.78, 5) is 15.9. The number of hydrogen-bond donors (Lipinski definition) is 0. The first-order valence-corrected chi connectivity index (χ1v) is 8.97. The lowest BCUT2D eigenvalue weighted by Gasteiger charge is -2.27.